The Morgan fingerprint density at radius 2 is 0.971 bits per heavy atom. The van der Waals surface area contributed by atoms with Crippen molar-refractivity contribution in [1.82, 2.24) is 0 Å². The smallest absolute Gasteiger partial charge is 0.336 e. The van der Waals surface area contributed by atoms with Crippen LogP contribution >= 0.6 is 0 Å². The maximum Gasteiger partial charge on any atom is 0.336 e. The molecule has 208 valence electrons. The highest BCUT2D eigenvalue weighted by atomic mass is 16.4. The van der Waals surface area contributed by atoms with Gasteiger partial charge in [0.1, 0.15) is 6.10 Å². The van der Waals surface area contributed by atoms with Crippen LogP contribution in [0.25, 0.3) is 0 Å². The van der Waals surface area contributed by atoms with E-state index in [4.69, 9.17) is 40.9 Å². The molecule has 0 radical (unpaired) electrons. The lowest BCUT2D eigenvalue weighted by atomic mass is 9.96. The molecule has 0 aromatic carbocycles. The van der Waals surface area contributed by atoms with Gasteiger partial charge in [0.05, 0.1) is 26.1 Å². The van der Waals surface area contributed by atoms with Gasteiger partial charge in [0.15, 0.2) is 5.60 Å². The number of carboxylic acids is 4. The molecule has 0 aliphatic carbocycles. The maximum absolute atomic E-state index is 10.3. The molecule has 0 heterocycles. The number of carboxylic acid groups (broad SMARTS) is 4. The Morgan fingerprint density at radius 1 is 0.629 bits per heavy atom. The standard InChI is InChI=1S/C14H28O2.C6H8O7.C3H8O3/c1-2-3-4-5-6-7-8-9-10-11-12-13-14(15)16;7-3(8)1-6(13,5(11)12)2-4(9)10;4-1-3(6)2-5/h2-13H2,1H3,(H,15,16);13H,1-2H2,(H,7,8)(H,9,10)(H,11,12);3-6H,1-2H2. The van der Waals surface area contributed by atoms with Gasteiger partial charge in [-0.2, -0.15) is 0 Å². The Labute approximate surface area is 206 Å². The second kappa shape index (κ2) is 24.8. The summed E-state index contributed by atoms with van der Waals surface area (Å²) in [6.07, 6.45) is 11.1. The molecule has 0 aromatic heterocycles. The molecule has 0 atom stereocenters. The summed E-state index contributed by atoms with van der Waals surface area (Å²) in [5, 5.41) is 66.3. The summed E-state index contributed by atoms with van der Waals surface area (Å²) < 4.78 is 0. The van der Waals surface area contributed by atoms with Crippen LogP contribution in [0.5, 0.6) is 0 Å². The van der Waals surface area contributed by atoms with E-state index in [9.17, 15) is 19.2 Å². The molecule has 8 N–H and O–H groups in total. The van der Waals surface area contributed by atoms with E-state index in [1.165, 1.54) is 57.8 Å². The van der Waals surface area contributed by atoms with E-state index in [0.29, 0.717) is 6.42 Å². The zero-order chi connectivity index (χ0) is 27.7. The fourth-order valence-corrected chi connectivity index (χ4v) is 2.71. The number of hydrogen-bond donors (Lipinski definition) is 8. The summed E-state index contributed by atoms with van der Waals surface area (Å²) in [5.74, 6) is -5.68. The van der Waals surface area contributed by atoms with E-state index in [0.717, 1.165) is 12.8 Å². The minimum atomic E-state index is -2.74. The van der Waals surface area contributed by atoms with E-state index in [1.54, 1.807) is 0 Å². The Morgan fingerprint density at radius 3 is 1.20 bits per heavy atom. The molecule has 0 unspecified atom stereocenters. The van der Waals surface area contributed by atoms with Crippen molar-refractivity contribution in [1.29, 1.82) is 0 Å². The van der Waals surface area contributed by atoms with Crippen LogP contribution < -0.4 is 0 Å². The van der Waals surface area contributed by atoms with E-state index >= 15 is 0 Å². The van der Waals surface area contributed by atoms with Gasteiger partial charge in [0, 0.05) is 6.42 Å². The fraction of sp³-hybridized carbons (Fsp3) is 0.826. The lowest BCUT2D eigenvalue weighted by Crippen LogP contribution is -2.42. The van der Waals surface area contributed by atoms with E-state index < -0.39 is 48.4 Å². The van der Waals surface area contributed by atoms with Crippen molar-refractivity contribution in [2.24, 2.45) is 0 Å². The normalized spacial score (nSPS) is 10.6. The molecule has 0 aliphatic heterocycles. The summed E-state index contributed by atoms with van der Waals surface area (Å²) in [6, 6.07) is 0. The van der Waals surface area contributed by atoms with Crippen molar-refractivity contribution in [2.75, 3.05) is 13.2 Å². The van der Waals surface area contributed by atoms with Gasteiger partial charge in [-0.05, 0) is 6.42 Å². The monoisotopic (exact) mass is 512 g/mol. The van der Waals surface area contributed by atoms with Gasteiger partial charge in [-0.25, -0.2) is 4.79 Å². The second-order valence-corrected chi connectivity index (χ2v) is 8.18. The largest absolute Gasteiger partial charge is 0.481 e. The summed E-state index contributed by atoms with van der Waals surface area (Å²) in [6.45, 7) is 1.52. The quantitative estimate of drug-likeness (QED) is 0.116. The Hall–Kier alpha value is -2.28. The van der Waals surface area contributed by atoms with Crippen molar-refractivity contribution >= 4 is 23.9 Å². The Balaban J connectivity index is -0.000000482. The summed E-state index contributed by atoms with van der Waals surface area (Å²) >= 11 is 0. The average Bonchev–Trinajstić information content (AvgIpc) is 2.76. The van der Waals surface area contributed by atoms with Gasteiger partial charge in [0.2, 0.25) is 0 Å². The molecule has 12 heteroatoms. The van der Waals surface area contributed by atoms with Crippen molar-refractivity contribution in [3.05, 3.63) is 0 Å². The van der Waals surface area contributed by atoms with Crippen LogP contribution in [0.1, 0.15) is 96.8 Å². The summed E-state index contributed by atoms with van der Waals surface area (Å²) in [5.41, 5.74) is -2.74. The number of aliphatic hydroxyl groups excluding tert-OH is 3. The Kier molecular flexibility index (Phi) is 26.4. The molecule has 0 bridgehead atoms. The van der Waals surface area contributed by atoms with Crippen LogP contribution in [-0.2, 0) is 19.2 Å². The number of rotatable bonds is 19. The zero-order valence-electron chi connectivity index (χ0n) is 20.6. The van der Waals surface area contributed by atoms with E-state index in [2.05, 4.69) is 6.92 Å². The topological polar surface area (TPSA) is 230 Å². The Bertz CT molecular complexity index is 545. The first-order valence-electron chi connectivity index (χ1n) is 11.9. The maximum atomic E-state index is 10.3. The number of carbonyl (C=O) groups is 4. The van der Waals surface area contributed by atoms with Crippen LogP contribution in [0.2, 0.25) is 0 Å². The third-order valence-electron chi connectivity index (χ3n) is 4.70. The van der Waals surface area contributed by atoms with Gasteiger partial charge in [-0.15, -0.1) is 0 Å². The minimum Gasteiger partial charge on any atom is -0.481 e. The molecule has 0 amide bonds. The van der Waals surface area contributed by atoms with Gasteiger partial charge in [0.25, 0.3) is 0 Å². The summed E-state index contributed by atoms with van der Waals surface area (Å²) in [4.78, 5) is 40.7. The predicted octanol–water partition coefficient (Wildman–Crippen LogP) is 1.86. The van der Waals surface area contributed by atoms with Crippen molar-refractivity contribution < 1.29 is 60.0 Å². The molecule has 0 spiro atoms. The third-order valence-corrected chi connectivity index (χ3v) is 4.70. The molecule has 0 fully saturated rings. The molecule has 12 nitrogen and oxygen atoms in total. The first kappa shape index (κ1) is 37.3. The fourth-order valence-electron chi connectivity index (χ4n) is 2.71. The van der Waals surface area contributed by atoms with Crippen LogP contribution in [-0.4, -0.2) is 89.6 Å². The zero-order valence-corrected chi connectivity index (χ0v) is 20.6. The summed E-state index contributed by atoms with van der Waals surface area (Å²) in [7, 11) is 0. The average molecular weight is 513 g/mol. The first-order valence-corrected chi connectivity index (χ1v) is 11.9. The number of aliphatic hydroxyl groups is 4. The van der Waals surface area contributed by atoms with Crippen molar-refractivity contribution in [3.63, 3.8) is 0 Å². The lowest BCUT2D eigenvalue weighted by Gasteiger charge is -2.18. The SMILES string of the molecule is CCCCCCCCCCCCCC(=O)O.O=C(O)CC(O)(CC(=O)O)C(=O)O.OCC(O)CO. The molecule has 0 saturated carbocycles. The first-order chi connectivity index (χ1) is 16.4. The number of hydrogen-bond acceptors (Lipinski definition) is 8. The molecule has 35 heavy (non-hydrogen) atoms. The van der Waals surface area contributed by atoms with Crippen molar-refractivity contribution in [3.8, 4) is 0 Å². The number of unbranched alkanes of at least 4 members (excludes halogenated alkanes) is 10. The van der Waals surface area contributed by atoms with E-state index in [-0.39, 0.29) is 13.2 Å². The highest BCUT2D eigenvalue weighted by Gasteiger charge is 2.40. The van der Waals surface area contributed by atoms with Crippen LogP contribution in [0.15, 0.2) is 0 Å². The predicted molar refractivity (Wildman–Crippen MR) is 126 cm³/mol. The molecule has 0 rings (SSSR count). The molecular weight excluding hydrogens is 468 g/mol. The second-order valence-electron chi connectivity index (χ2n) is 8.18. The van der Waals surface area contributed by atoms with Gasteiger partial charge >= 0.3 is 23.9 Å². The van der Waals surface area contributed by atoms with E-state index in [1.807, 2.05) is 0 Å². The van der Waals surface area contributed by atoms with Gasteiger partial charge < -0.3 is 40.9 Å². The highest BCUT2D eigenvalue weighted by Crippen LogP contribution is 2.15. The third kappa shape index (κ3) is 29.7. The highest BCUT2D eigenvalue weighted by molar-refractivity contribution is 5.88. The molecular formula is C23H44O12. The number of aliphatic carboxylic acids is 4. The lowest BCUT2D eigenvalue weighted by molar-refractivity contribution is -0.170. The minimum absolute atomic E-state index is 0.344. The van der Waals surface area contributed by atoms with Crippen LogP contribution in [0.4, 0.5) is 0 Å². The molecule has 0 aliphatic rings. The van der Waals surface area contributed by atoms with Crippen molar-refractivity contribution in [2.45, 2.75) is 109 Å². The van der Waals surface area contributed by atoms with Crippen LogP contribution in [0.3, 0.4) is 0 Å². The molecule has 0 saturated heterocycles. The van der Waals surface area contributed by atoms with Crippen LogP contribution in [0, 0.1) is 0 Å². The van der Waals surface area contributed by atoms with Gasteiger partial charge in [-0.3, -0.25) is 14.4 Å². The van der Waals surface area contributed by atoms with Gasteiger partial charge in [-0.1, -0.05) is 71.1 Å². The molecule has 0 aromatic rings.